The second-order valence-electron chi connectivity index (χ2n) is 5.86. The lowest BCUT2D eigenvalue weighted by atomic mass is 10.1. The van der Waals surface area contributed by atoms with E-state index in [1.807, 2.05) is 4.68 Å². The Morgan fingerprint density at radius 1 is 1.45 bits per heavy atom. The van der Waals surface area contributed by atoms with Gasteiger partial charge in [0.15, 0.2) is 0 Å². The number of amides is 1. The highest BCUT2D eigenvalue weighted by Gasteiger charge is 2.29. The average Bonchev–Trinajstić information content (AvgIpc) is 3.26. The lowest BCUT2D eigenvalue weighted by Gasteiger charge is -2.21. The number of rotatable bonds is 5. The summed E-state index contributed by atoms with van der Waals surface area (Å²) in [4.78, 5) is 17.8. The van der Waals surface area contributed by atoms with Gasteiger partial charge in [-0.3, -0.25) is 9.48 Å². The molecule has 2 aliphatic rings. The Morgan fingerprint density at radius 3 is 3.14 bits per heavy atom. The lowest BCUT2D eigenvalue weighted by molar-refractivity contribution is -0.130. The maximum absolute atomic E-state index is 12.2. The number of carbonyl (C=O) groups is 1. The predicted octanol–water partition coefficient (Wildman–Crippen LogP) is 0.327. The van der Waals surface area contributed by atoms with Crippen molar-refractivity contribution in [3.8, 4) is 6.07 Å². The van der Waals surface area contributed by atoms with Gasteiger partial charge in [-0.2, -0.15) is 10.4 Å². The third-order valence-corrected chi connectivity index (χ3v) is 4.30. The van der Waals surface area contributed by atoms with Crippen molar-refractivity contribution in [2.75, 3.05) is 13.1 Å². The number of nitrogens with zero attached hydrogens (tertiary/aromatic N) is 5. The third-order valence-electron chi connectivity index (χ3n) is 4.30. The molecule has 0 saturated carbocycles. The summed E-state index contributed by atoms with van der Waals surface area (Å²) >= 11 is 0. The molecule has 3 rings (SSSR count). The number of nitrogens with one attached hydrogen (secondary N) is 1. The second-order valence-corrected chi connectivity index (χ2v) is 5.86. The van der Waals surface area contributed by atoms with Crippen molar-refractivity contribution in [1.82, 2.24) is 25.0 Å². The number of carbonyl (C=O) groups excluding carboxylic acids is 1. The summed E-state index contributed by atoms with van der Waals surface area (Å²) < 4.78 is 1.82. The van der Waals surface area contributed by atoms with Crippen LogP contribution in [0.4, 0.5) is 0 Å². The molecule has 1 fully saturated rings. The molecule has 1 amide bonds. The first-order valence-corrected chi connectivity index (χ1v) is 7.69. The fourth-order valence-electron chi connectivity index (χ4n) is 3.15. The molecule has 1 aliphatic carbocycles. The highest BCUT2D eigenvalue weighted by Crippen LogP contribution is 2.20. The van der Waals surface area contributed by atoms with Gasteiger partial charge < -0.3 is 10.2 Å². The van der Waals surface area contributed by atoms with Gasteiger partial charge in [-0.05, 0) is 25.2 Å². The van der Waals surface area contributed by atoms with Crippen LogP contribution in [-0.4, -0.2) is 50.7 Å². The molecule has 7 nitrogen and oxygen atoms in total. The summed E-state index contributed by atoms with van der Waals surface area (Å²) in [5.74, 6) is 0.435. The van der Waals surface area contributed by atoms with E-state index < -0.39 is 0 Å². The zero-order valence-corrected chi connectivity index (χ0v) is 12.4. The van der Waals surface area contributed by atoms with Crippen molar-refractivity contribution in [2.24, 2.45) is 5.92 Å². The van der Waals surface area contributed by atoms with Crippen LogP contribution in [0.25, 0.3) is 0 Å². The zero-order valence-electron chi connectivity index (χ0n) is 12.4. The summed E-state index contributed by atoms with van der Waals surface area (Å²) in [6.07, 6.45) is 10.2. The van der Waals surface area contributed by atoms with E-state index in [-0.39, 0.29) is 18.0 Å². The lowest BCUT2D eigenvalue weighted by Crippen LogP contribution is -2.42. The number of allylic oxidation sites excluding steroid dienone is 1. The molecule has 1 aliphatic heterocycles. The molecular weight excluding hydrogens is 280 g/mol. The van der Waals surface area contributed by atoms with Gasteiger partial charge in [-0.25, -0.2) is 4.98 Å². The van der Waals surface area contributed by atoms with Gasteiger partial charge in [0.25, 0.3) is 0 Å². The van der Waals surface area contributed by atoms with Crippen LogP contribution in [0, 0.1) is 17.2 Å². The van der Waals surface area contributed by atoms with Gasteiger partial charge in [0, 0.05) is 19.1 Å². The standard InChI is InChI=1S/C15H20N6O/c16-7-14-2-1-5-21(14)15(22)8-18-13-4-3-12(6-13)9-20-11-17-10-19-20/h3-4,10-14,18H,1-2,5-6,8-9H2/t12-,13+,14-/m0/s1. The number of hydrogen-bond donors (Lipinski definition) is 1. The fourth-order valence-corrected chi connectivity index (χ4v) is 3.15. The monoisotopic (exact) mass is 300 g/mol. The van der Waals surface area contributed by atoms with Crippen LogP contribution in [0.15, 0.2) is 24.8 Å². The van der Waals surface area contributed by atoms with Crippen LogP contribution in [-0.2, 0) is 11.3 Å². The Hall–Kier alpha value is -2.20. The van der Waals surface area contributed by atoms with Gasteiger partial charge in [-0.1, -0.05) is 12.2 Å². The number of hydrogen-bond acceptors (Lipinski definition) is 5. The number of likely N-dealkylation sites (tertiary alicyclic amines) is 1. The summed E-state index contributed by atoms with van der Waals surface area (Å²) in [6, 6.07) is 2.17. The first-order chi connectivity index (χ1) is 10.8. The maximum atomic E-state index is 12.2. The van der Waals surface area contributed by atoms with Crippen molar-refractivity contribution in [3.05, 3.63) is 24.8 Å². The quantitative estimate of drug-likeness (QED) is 0.792. The number of aromatic nitrogens is 3. The van der Waals surface area contributed by atoms with E-state index in [2.05, 4.69) is 33.6 Å². The molecule has 7 heteroatoms. The van der Waals surface area contributed by atoms with Crippen LogP contribution in [0.2, 0.25) is 0 Å². The van der Waals surface area contributed by atoms with E-state index in [9.17, 15) is 4.79 Å². The summed E-state index contributed by atoms with van der Waals surface area (Å²) in [6.45, 7) is 1.81. The van der Waals surface area contributed by atoms with E-state index in [1.165, 1.54) is 6.33 Å². The van der Waals surface area contributed by atoms with Crippen molar-refractivity contribution in [2.45, 2.75) is 37.9 Å². The largest absolute Gasteiger partial charge is 0.326 e. The minimum absolute atomic E-state index is 0.0252. The molecule has 0 unspecified atom stereocenters. The third kappa shape index (κ3) is 3.34. The summed E-state index contributed by atoms with van der Waals surface area (Å²) in [5, 5.41) is 16.4. The van der Waals surface area contributed by atoms with E-state index in [0.717, 1.165) is 25.8 Å². The molecule has 3 atom stereocenters. The van der Waals surface area contributed by atoms with Gasteiger partial charge in [0.05, 0.1) is 12.6 Å². The molecule has 0 radical (unpaired) electrons. The molecule has 2 heterocycles. The Labute approximate surface area is 129 Å². The maximum Gasteiger partial charge on any atom is 0.237 e. The van der Waals surface area contributed by atoms with E-state index in [0.29, 0.717) is 19.0 Å². The van der Waals surface area contributed by atoms with Crippen LogP contribution in [0.3, 0.4) is 0 Å². The van der Waals surface area contributed by atoms with Crippen molar-refractivity contribution in [3.63, 3.8) is 0 Å². The first-order valence-electron chi connectivity index (χ1n) is 7.69. The Morgan fingerprint density at radius 2 is 2.36 bits per heavy atom. The van der Waals surface area contributed by atoms with Crippen molar-refractivity contribution < 1.29 is 4.79 Å². The van der Waals surface area contributed by atoms with Crippen molar-refractivity contribution >= 4 is 5.91 Å². The van der Waals surface area contributed by atoms with Crippen LogP contribution < -0.4 is 5.32 Å². The van der Waals surface area contributed by atoms with Crippen LogP contribution in [0.5, 0.6) is 0 Å². The molecule has 1 saturated heterocycles. The Bertz CT molecular complexity index is 575. The van der Waals surface area contributed by atoms with Gasteiger partial charge in [0.1, 0.15) is 18.7 Å². The molecule has 1 aromatic heterocycles. The van der Waals surface area contributed by atoms with Gasteiger partial charge in [0.2, 0.25) is 5.91 Å². The topological polar surface area (TPSA) is 86.8 Å². The van der Waals surface area contributed by atoms with E-state index in [4.69, 9.17) is 5.26 Å². The fraction of sp³-hybridized carbons (Fsp3) is 0.600. The molecule has 0 aromatic carbocycles. The second kappa shape index (κ2) is 6.71. The first kappa shape index (κ1) is 14.7. The molecule has 116 valence electrons. The smallest absolute Gasteiger partial charge is 0.237 e. The highest BCUT2D eigenvalue weighted by atomic mass is 16.2. The summed E-state index contributed by atoms with van der Waals surface area (Å²) in [5.41, 5.74) is 0. The minimum atomic E-state index is -0.242. The SMILES string of the molecule is N#C[C@@H]1CCCN1C(=O)CN[C@@H]1C=C[C@H](Cn2cncn2)C1. The molecular formula is C15H20N6O. The van der Waals surface area contributed by atoms with Gasteiger partial charge >= 0.3 is 0 Å². The van der Waals surface area contributed by atoms with Crippen molar-refractivity contribution in [1.29, 1.82) is 5.26 Å². The van der Waals surface area contributed by atoms with E-state index >= 15 is 0 Å². The average molecular weight is 300 g/mol. The Balaban J connectivity index is 1.42. The molecule has 0 bridgehead atoms. The van der Waals surface area contributed by atoms with Crippen LogP contribution in [0.1, 0.15) is 19.3 Å². The molecule has 1 N–H and O–H groups in total. The van der Waals surface area contributed by atoms with Crippen LogP contribution >= 0.6 is 0 Å². The highest BCUT2D eigenvalue weighted by molar-refractivity contribution is 5.79. The van der Waals surface area contributed by atoms with Gasteiger partial charge in [-0.15, -0.1) is 0 Å². The zero-order chi connectivity index (χ0) is 15.4. The minimum Gasteiger partial charge on any atom is -0.326 e. The molecule has 1 aromatic rings. The number of nitriles is 1. The summed E-state index contributed by atoms with van der Waals surface area (Å²) in [7, 11) is 0. The molecule has 22 heavy (non-hydrogen) atoms. The predicted molar refractivity (Wildman–Crippen MR) is 79.4 cm³/mol. The van der Waals surface area contributed by atoms with E-state index in [1.54, 1.807) is 11.2 Å². The normalized spacial score (nSPS) is 27.2. The Kier molecular flexibility index (Phi) is 4.49. The molecule has 0 spiro atoms.